The fourth-order valence-electron chi connectivity index (χ4n) is 2.18. The van der Waals surface area contributed by atoms with Gasteiger partial charge in [-0.15, -0.1) is 0 Å². The normalized spacial score (nSPS) is 12.2. The Bertz CT molecular complexity index is 566. The summed E-state index contributed by atoms with van der Waals surface area (Å²) in [5, 5.41) is 3.43. The lowest BCUT2D eigenvalue weighted by molar-refractivity contribution is 0.406. The Labute approximate surface area is 119 Å². The summed E-state index contributed by atoms with van der Waals surface area (Å²) in [6.07, 6.45) is 0. The van der Waals surface area contributed by atoms with Crippen molar-refractivity contribution in [1.82, 2.24) is 5.32 Å². The summed E-state index contributed by atoms with van der Waals surface area (Å²) < 4.78 is 18.3. The molecule has 0 heterocycles. The first-order chi connectivity index (χ1) is 9.60. The van der Waals surface area contributed by atoms with Gasteiger partial charge in [0.15, 0.2) is 0 Å². The molecule has 1 atom stereocenters. The first kappa shape index (κ1) is 14.5. The van der Waals surface area contributed by atoms with E-state index in [1.807, 2.05) is 12.1 Å². The predicted molar refractivity (Wildman–Crippen MR) is 79.4 cm³/mol. The molecule has 0 aliphatic rings. The number of aryl methyl sites for hydroxylation is 1. The summed E-state index contributed by atoms with van der Waals surface area (Å²) in [5.74, 6) is 0.677. The second kappa shape index (κ2) is 6.53. The van der Waals surface area contributed by atoms with Gasteiger partial charge in [0.25, 0.3) is 0 Å². The summed E-state index contributed by atoms with van der Waals surface area (Å²) in [6, 6.07) is 12.9. The molecule has 0 aromatic heterocycles. The minimum Gasteiger partial charge on any atom is -0.496 e. The largest absolute Gasteiger partial charge is 0.496 e. The predicted octanol–water partition coefficient (Wildman–Crippen LogP) is 3.99. The van der Waals surface area contributed by atoms with Crippen molar-refractivity contribution in [2.75, 3.05) is 7.11 Å². The van der Waals surface area contributed by atoms with E-state index in [9.17, 15) is 4.39 Å². The molecule has 2 aromatic carbocycles. The zero-order chi connectivity index (χ0) is 14.5. The monoisotopic (exact) mass is 273 g/mol. The molecule has 3 heteroatoms. The highest BCUT2D eigenvalue weighted by atomic mass is 19.1. The number of halogens is 1. The molecule has 2 aromatic rings. The van der Waals surface area contributed by atoms with Gasteiger partial charge in [0.2, 0.25) is 0 Å². The Balaban J connectivity index is 2.04. The zero-order valence-corrected chi connectivity index (χ0v) is 12.1. The van der Waals surface area contributed by atoms with E-state index in [2.05, 4.69) is 25.2 Å². The molecule has 0 fully saturated rings. The van der Waals surface area contributed by atoms with Crippen molar-refractivity contribution in [3.63, 3.8) is 0 Å². The Morgan fingerprint density at radius 3 is 2.50 bits per heavy atom. The second-order valence-corrected chi connectivity index (χ2v) is 4.97. The molecule has 0 saturated carbocycles. The molecule has 0 radical (unpaired) electrons. The molecule has 2 nitrogen and oxygen atoms in total. The van der Waals surface area contributed by atoms with Crippen molar-refractivity contribution >= 4 is 0 Å². The molecule has 1 N–H and O–H groups in total. The minimum atomic E-state index is -0.207. The van der Waals surface area contributed by atoms with Crippen LogP contribution >= 0.6 is 0 Å². The third kappa shape index (κ3) is 3.58. The molecule has 0 aliphatic heterocycles. The van der Waals surface area contributed by atoms with Crippen LogP contribution in [-0.4, -0.2) is 7.11 Å². The maximum absolute atomic E-state index is 12.9. The SMILES string of the molecule is COc1ccc(C)cc1CNC(C)c1ccc(F)cc1. The van der Waals surface area contributed by atoms with Crippen LogP contribution in [0.2, 0.25) is 0 Å². The van der Waals surface area contributed by atoms with Crippen molar-refractivity contribution < 1.29 is 9.13 Å². The van der Waals surface area contributed by atoms with Gasteiger partial charge in [0, 0.05) is 18.2 Å². The first-order valence-electron chi connectivity index (χ1n) is 6.72. The fraction of sp³-hybridized carbons (Fsp3) is 0.294. The number of hydrogen-bond donors (Lipinski definition) is 1. The Morgan fingerprint density at radius 1 is 1.15 bits per heavy atom. The number of ether oxygens (including phenoxy) is 1. The summed E-state index contributed by atoms with van der Waals surface area (Å²) in [4.78, 5) is 0. The van der Waals surface area contributed by atoms with Crippen LogP contribution in [0.25, 0.3) is 0 Å². The molecule has 1 unspecified atom stereocenters. The van der Waals surface area contributed by atoms with Crippen LogP contribution < -0.4 is 10.1 Å². The topological polar surface area (TPSA) is 21.3 Å². The molecular weight excluding hydrogens is 253 g/mol. The van der Waals surface area contributed by atoms with E-state index in [1.165, 1.54) is 17.7 Å². The van der Waals surface area contributed by atoms with Gasteiger partial charge in [-0.25, -0.2) is 4.39 Å². The summed E-state index contributed by atoms with van der Waals surface area (Å²) in [5.41, 5.74) is 3.40. The lowest BCUT2D eigenvalue weighted by Crippen LogP contribution is -2.18. The van der Waals surface area contributed by atoms with Crippen LogP contribution in [0.1, 0.15) is 29.7 Å². The smallest absolute Gasteiger partial charge is 0.123 e. The highest BCUT2D eigenvalue weighted by Crippen LogP contribution is 2.21. The number of benzene rings is 2. The van der Waals surface area contributed by atoms with Crippen LogP contribution in [0.5, 0.6) is 5.75 Å². The molecule has 0 saturated heterocycles. The van der Waals surface area contributed by atoms with Crippen molar-refractivity contribution in [2.45, 2.75) is 26.4 Å². The Hall–Kier alpha value is -1.87. The van der Waals surface area contributed by atoms with Gasteiger partial charge in [-0.2, -0.15) is 0 Å². The average Bonchev–Trinajstić information content (AvgIpc) is 2.45. The van der Waals surface area contributed by atoms with Gasteiger partial charge in [-0.3, -0.25) is 0 Å². The van der Waals surface area contributed by atoms with Gasteiger partial charge in [-0.05, 0) is 37.6 Å². The third-order valence-corrected chi connectivity index (χ3v) is 3.40. The summed E-state index contributed by atoms with van der Waals surface area (Å²) >= 11 is 0. The molecule has 20 heavy (non-hydrogen) atoms. The maximum Gasteiger partial charge on any atom is 0.123 e. The number of nitrogens with one attached hydrogen (secondary N) is 1. The van der Waals surface area contributed by atoms with E-state index in [0.29, 0.717) is 6.54 Å². The lowest BCUT2D eigenvalue weighted by atomic mass is 10.1. The zero-order valence-electron chi connectivity index (χ0n) is 12.1. The Kier molecular flexibility index (Phi) is 4.74. The fourth-order valence-corrected chi connectivity index (χ4v) is 2.18. The minimum absolute atomic E-state index is 0.154. The third-order valence-electron chi connectivity index (χ3n) is 3.40. The Morgan fingerprint density at radius 2 is 1.85 bits per heavy atom. The second-order valence-electron chi connectivity index (χ2n) is 4.97. The van der Waals surface area contributed by atoms with E-state index in [1.54, 1.807) is 19.2 Å². The quantitative estimate of drug-likeness (QED) is 0.889. The van der Waals surface area contributed by atoms with Gasteiger partial charge in [-0.1, -0.05) is 29.8 Å². The van der Waals surface area contributed by atoms with E-state index in [-0.39, 0.29) is 11.9 Å². The van der Waals surface area contributed by atoms with Crippen molar-refractivity contribution in [2.24, 2.45) is 0 Å². The van der Waals surface area contributed by atoms with E-state index in [0.717, 1.165) is 16.9 Å². The maximum atomic E-state index is 12.9. The van der Waals surface area contributed by atoms with E-state index >= 15 is 0 Å². The lowest BCUT2D eigenvalue weighted by Gasteiger charge is -2.16. The van der Waals surface area contributed by atoms with Crippen molar-refractivity contribution in [3.8, 4) is 5.75 Å². The van der Waals surface area contributed by atoms with Crippen LogP contribution in [0, 0.1) is 12.7 Å². The molecule has 0 aliphatic carbocycles. The number of hydrogen-bond acceptors (Lipinski definition) is 2. The molecular formula is C17H20FNO. The van der Waals surface area contributed by atoms with Crippen LogP contribution in [-0.2, 0) is 6.54 Å². The first-order valence-corrected chi connectivity index (χ1v) is 6.72. The molecule has 0 bridgehead atoms. The summed E-state index contributed by atoms with van der Waals surface area (Å²) in [7, 11) is 1.68. The van der Waals surface area contributed by atoms with Gasteiger partial charge < -0.3 is 10.1 Å². The summed E-state index contributed by atoms with van der Waals surface area (Å²) in [6.45, 7) is 4.84. The molecule has 0 spiro atoms. The molecule has 106 valence electrons. The van der Waals surface area contributed by atoms with Crippen molar-refractivity contribution in [1.29, 1.82) is 0 Å². The van der Waals surface area contributed by atoms with Crippen LogP contribution in [0.15, 0.2) is 42.5 Å². The molecule has 0 amide bonds. The average molecular weight is 273 g/mol. The number of rotatable bonds is 5. The number of methoxy groups -OCH3 is 1. The van der Waals surface area contributed by atoms with Crippen LogP contribution in [0.4, 0.5) is 4.39 Å². The highest BCUT2D eigenvalue weighted by molar-refractivity contribution is 5.36. The highest BCUT2D eigenvalue weighted by Gasteiger charge is 2.08. The van der Waals surface area contributed by atoms with Gasteiger partial charge in [0.05, 0.1) is 7.11 Å². The van der Waals surface area contributed by atoms with Crippen molar-refractivity contribution in [3.05, 3.63) is 65.0 Å². The van der Waals surface area contributed by atoms with Gasteiger partial charge in [0.1, 0.15) is 11.6 Å². The molecule has 2 rings (SSSR count). The standard InChI is InChI=1S/C17H20FNO/c1-12-4-9-17(20-3)15(10-12)11-19-13(2)14-5-7-16(18)8-6-14/h4-10,13,19H,11H2,1-3H3. The van der Waals surface area contributed by atoms with E-state index < -0.39 is 0 Å². The van der Waals surface area contributed by atoms with Gasteiger partial charge >= 0.3 is 0 Å². The van der Waals surface area contributed by atoms with Crippen LogP contribution in [0.3, 0.4) is 0 Å². The van der Waals surface area contributed by atoms with E-state index in [4.69, 9.17) is 4.74 Å².